The van der Waals surface area contributed by atoms with E-state index in [2.05, 4.69) is 15.3 Å². The van der Waals surface area contributed by atoms with Gasteiger partial charge in [-0.2, -0.15) is 13.2 Å². The van der Waals surface area contributed by atoms with Crippen LogP contribution in [0.15, 0.2) is 29.1 Å². The Bertz CT molecular complexity index is 704. The van der Waals surface area contributed by atoms with Gasteiger partial charge in [-0.25, -0.2) is 4.98 Å². The monoisotopic (exact) mass is 283 g/mol. The van der Waals surface area contributed by atoms with Crippen molar-refractivity contribution < 1.29 is 13.2 Å². The molecule has 0 spiro atoms. The zero-order chi connectivity index (χ0) is 14.4. The van der Waals surface area contributed by atoms with E-state index in [1.54, 1.807) is 24.3 Å². The molecule has 0 radical (unpaired) electrons. The molecule has 0 unspecified atom stereocenters. The third-order valence-corrected chi connectivity index (χ3v) is 3.55. The summed E-state index contributed by atoms with van der Waals surface area (Å²) in [6.45, 7) is -0.112. The first kappa shape index (κ1) is 13.1. The summed E-state index contributed by atoms with van der Waals surface area (Å²) in [7, 11) is 0. The summed E-state index contributed by atoms with van der Waals surface area (Å²) in [6, 6.07) is 6.71. The van der Waals surface area contributed by atoms with E-state index >= 15 is 0 Å². The van der Waals surface area contributed by atoms with Crippen LogP contribution in [0.25, 0.3) is 10.9 Å². The molecule has 1 aromatic carbocycles. The summed E-state index contributed by atoms with van der Waals surface area (Å²) in [6.07, 6.45) is -4.15. The first-order valence-electron chi connectivity index (χ1n) is 6.21. The third-order valence-electron chi connectivity index (χ3n) is 3.55. The van der Waals surface area contributed by atoms with Gasteiger partial charge in [-0.3, -0.25) is 10.1 Å². The highest BCUT2D eigenvalue weighted by Crippen LogP contribution is 2.48. The number of hydrogen-bond acceptors (Lipinski definition) is 3. The van der Waals surface area contributed by atoms with Crippen LogP contribution in [-0.2, 0) is 6.54 Å². The van der Waals surface area contributed by atoms with E-state index in [0.717, 1.165) is 0 Å². The van der Waals surface area contributed by atoms with Gasteiger partial charge in [0.15, 0.2) is 0 Å². The standard InChI is InChI=1S/C13H12F3N3O/c14-13(15,16)12(5-6-12)17-7-10-18-9-4-2-1-3-8(9)11(20)19-10/h1-4,17H,5-7H2,(H,18,19,20). The van der Waals surface area contributed by atoms with Crippen molar-refractivity contribution in [2.45, 2.75) is 31.1 Å². The van der Waals surface area contributed by atoms with Crippen molar-refractivity contribution in [1.82, 2.24) is 15.3 Å². The smallest absolute Gasteiger partial charge is 0.309 e. The maximum atomic E-state index is 12.8. The Morgan fingerprint density at radius 3 is 2.65 bits per heavy atom. The molecule has 7 heteroatoms. The molecule has 1 aliphatic rings. The van der Waals surface area contributed by atoms with Gasteiger partial charge >= 0.3 is 6.18 Å². The summed E-state index contributed by atoms with van der Waals surface area (Å²) in [5.74, 6) is 0.212. The van der Waals surface area contributed by atoms with Crippen molar-refractivity contribution in [3.05, 3.63) is 40.4 Å². The normalized spacial score (nSPS) is 17.4. The van der Waals surface area contributed by atoms with Crippen LogP contribution in [0.3, 0.4) is 0 Å². The summed E-state index contributed by atoms with van der Waals surface area (Å²) < 4.78 is 38.3. The maximum Gasteiger partial charge on any atom is 0.406 e. The lowest BCUT2D eigenvalue weighted by atomic mass is 10.2. The number of para-hydroxylation sites is 1. The predicted molar refractivity (Wildman–Crippen MR) is 67.2 cm³/mol. The lowest BCUT2D eigenvalue weighted by Crippen LogP contribution is -2.44. The summed E-state index contributed by atoms with van der Waals surface area (Å²) >= 11 is 0. The third kappa shape index (κ3) is 2.18. The van der Waals surface area contributed by atoms with Crippen LogP contribution in [-0.4, -0.2) is 21.7 Å². The molecule has 2 N–H and O–H groups in total. The van der Waals surface area contributed by atoms with Crippen molar-refractivity contribution in [1.29, 1.82) is 0 Å². The molecular weight excluding hydrogens is 271 g/mol. The topological polar surface area (TPSA) is 57.8 Å². The molecule has 0 bridgehead atoms. The number of H-pyrrole nitrogens is 1. The van der Waals surface area contributed by atoms with Gasteiger partial charge in [-0.05, 0) is 25.0 Å². The minimum absolute atomic E-state index is 0.0638. The molecule has 2 aromatic rings. The van der Waals surface area contributed by atoms with Crippen molar-refractivity contribution in [3.63, 3.8) is 0 Å². The Labute approximate surface area is 112 Å². The fourth-order valence-electron chi connectivity index (χ4n) is 2.16. The number of aromatic nitrogens is 2. The van der Waals surface area contributed by atoms with Gasteiger partial charge in [-0.15, -0.1) is 0 Å². The predicted octanol–water partition coefficient (Wildman–Crippen LogP) is 2.11. The van der Waals surface area contributed by atoms with Gasteiger partial charge < -0.3 is 4.98 Å². The second-order valence-corrected chi connectivity index (χ2v) is 4.96. The number of fused-ring (bicyclic) bond motifs is 1. The van der Waals surface area contributed by atoms with Crippen LogP contribution >= 0.6 is 0 Å². The van der Waals surface area contributed by atoms with E-state index in [-0.39, 0.29) is 30.8 Å². The molecule has 1 aromatic heterocycles. The maximum absolute atomic E-state index is 12.8. The van der Waals surface area contributed by atoms with Gasteiger partial charge in [0.25, 0.3) is 5.56 Å². The molecule has 1 fully saturated rings. The highest BCUT2D eigenvalue weighted by atomic mass is 19.4. The van der Waals surface area contributed by atoms with Crippen LogP contribution in [0, 0.1) is 0 Å². The largest absolute Gasteiger partial charge is 0.406 e. The lowest BCUT2D eigenvalue weighted by molar-refractivity contribution is -0.166. The second kappa shape index (κ2) is 4.31. The van der Waals surface area contributed by atoms with Crippen molar-refractivity contribution >= 4 is 10.9 Å². The fourth-order valence-corrected chi connectivity index (χ4v) is 2.16. The molecule has 0 atom stereocenters. The van der Waals surface area contributed by atoms with Gasteiger partial charge in [0.1, 0.15) is 11.4 Å². The van der Waals surface area contributed by atoms with Gasteiger partial charge in [0.05, 0.1) is 17.4 Å². The molecule has 0 aliphatic heterocycles. The summed E-state index contributed by atoms with van der Waals surface area (Å²) in [5, 5.41) is 2.88. The Hall–Kier alpha value is -1.89. The molecule has 106 valence electrons. The van der Waals surface area contributed by atoms with Crippen LogP contribution in [0.2, 0.25) is 0 Å². The molecule has 0 saturated heterocycles. The Kier molecular flexibility index (Phi) is 2.82. The van der Waals surface area contributed by atoms with E-state index in [1.165, 1.54) is 0 Å². The first-order valence-corrected chi connectivity index (χ1v) is 6.21. The lowest BCUT2D eigenvalue weighted by Gasteiger charge is -2.20. The summed E-state index contributed by atoms with van der Waals surface area (Å²) in [4.78, 5) is 18.5. The quantitative estimate of drug-likeness (QED) is 0.907. The average Bonchev–Trinajstić information content (AvgIpc) is 3.17. The molecule has 1 saturated carbocycles. The van der Waals surface area contributed by atoms with E-state index in [9.17, 15) is 18.0 Å². The number of hydrogen-bond donors (Lipinski definition) is 2. The Balaban J connectivity index is 1.84. The molecule has 20 heavy (non-hydrogen) atoms. The summed E-state index contributed by atoms with van der Waals surface area (Å²) in [5.41, 5.74) is -1.67. The Morgan fingerprint density at radius 2 is 2.00 bits per heavy atom. The highest BCUT2D eigenvalue weighted by Gasteiger charge is 2.63. The second-order valence-electron chi connectivity index (χ2n) is 4.96. The van der Waals surface area contributed by atoms with Gasteiger partial charge in [0.2, 0.25) is 0 Å². The van der Waals surface area contributed by atoms with Crippen LogP contribution in [0.5, 0.6) is 0 Å². The highest BCUT2D eigenvalue weighted by molar-refractivity contribution is 5.77. The average molecular weight is 283 g/mol. The van der Waals surface area contributed by atoms with Gasteiger partial charge in [0, 0.05) is 0 Å². The van der Waals surface area contributed by atoms with Crippen LogP contribution < -0.4 is 10.9 Å². The van der Waals surface area contributed by atoms with E-state index < -0.39 is 11.7 Å². The van der Waals surface area contributed by atoms with E-state index in [1.807, 2.05) is 0 Å². The number of nitrogens with one attached hydrogen (secondary N) is 2. The number of halogens is 3. The van der Waals surface area contributed by atoms with Crippen molar-refractivity contribution in [2.24, 2.45) is 0 Å². The van der Waals surface area contributed by atoms with Crippen molar-refractivity contribution in [3.8, 4) is 0 Å². The first-order chi connectivity index (χ1) is 9.41. The molecule has 3 rings (SSSR count). The zero-order valence-corrected chi connectivity index (χ0v) is 10.4. The van der Waals surface area contributed by atoms with Crippen molar-refractivity contribution in [2.75, 3.05) is 0 Å². The van der Waals surface area contributed by atoms with E-state index in [4.69, 9.17) is 0 Å². The van der Waals surface area contributed by atoms with Gasteiger partial charge in [-0.1, -0.05) is 12.1 Å². The molecule has 1 heterocycles. The fraction of sp³-hybridized carbons (Fsp3) is 0.385. The number of nitrogens with zero attached hydrogens (tertiary/aromatic N) is 1. The van der Waals surface area contributed by atoms with Crippen LogP contribution in [0.1, 0.15) is 18.7 Å². The molecule has 4 nitrogen and oxygen atoms in total. The van der Waals surface area contributed by atoms with Crippen LogP contribution in [0.4, 0.5) is 13.2 Å². The number of rotatable bonds is 3. The zero-order valence-electron chi connectivity index (χ0n) is 10.4. The molecule has 0 amide bonds. The van der Waals surface area contributed by atoms with E-state index in [0.29, 0.717) is 10.9 Å². The Morgan fingerprint density at radius 1 is 1.30 bits per heavy atom. The SMILES string of the molecule is O=c1[nH]c(CNC2(C(F)(F)F)CC2)nc2ccccc12. The minimum atomic E-state index is -4.27. The number of alkyl halides is 3. The number of aromatic amines is 1. The minimum Gasteiger partial charge on any atom is -0.309 e. The molecular formula is C13H12F3N3O. The molecule has 1 aliphatic carbocycles. The number of benzene rings is 1.